The second-order valence-electron chi connectivity index (χ2n) is 4.87. The van der Waals surface area contributed by atoms with Gasteiger partial charge in [0, 0.05) is 5.02 Å². The fourth-order valence-corrected chi connectivity index (χ4v) is 3.79. The monoisotopic (exact) mass is 309 g/mol. The molecule has 2 rings (SSSR count). The van der Waals surface area contributed by atoms with Crippen molar-refractivity contribution in [3.05, 3.63) is 58.1 Å². The molecule has 0 bridgehead atoms. The molecule has 0 radical (unpaired) electrons. The molecular weight excluding hydrogens is 294 g/mol. The van der Waals surface area contributed by atoms with Gasteiger partial charge in [-0.1, -0.05) is 35.4 Å². The van der Waals surface area contributed by atoms with Crippen molar-refractivity contribution in [1.82, 2.24) is 0 Å². The van der Waals surface area contributed by atoms with Crippen LogP contribution in [0.1, 0.15) is 16.7 Å². The summed E-state index contributed by atoms with van der Waals surface area (Å²) in [6.45, 7) is 3.84. The van der Waals surface area contributed by atoms with Crippen LogP contribution in [0.5, 0.6) is 0 Å². The van der Waals surface area contributed by atoms with Crippen LogP contribution in [0, 0.1) is 13.8 Å². The number of nitrogen functional groups attached to an aromatic ring is 1. The molecule has 0 aromatic heterocycles. The lowest BCUT2D eigenvalue weighted by atomic mass is 10.1. The van der Waals surface area contributed by atoms with E-state index in [9.17, 15) is 8.42 Å². The molecule has 0 atom stereocenters. The molecule has 0 aliphatic rings. The molecule has 2 aromatic carbocycles. The summed E-state index contributed by atoms with van der Waals surface area (Å²) in [6.07, 6.45) is 0. The van der Waals surface area contributed by atoms with E-state index < -0.39 is 9.84 Å². The average Bonchev–Trinajstić information content (AvgIpc) is 2.33. The zero-order chi connectivity index (χ0) is 14.9. The Bertz CT molecular complexity index is 754. The first-order valence-electron chi connectivity index (χ1n) is 6.13. The quantitative estimate of drug-likeness (QED) is 0.883. The number of halogens is 1. The van der Waals surface area contributed by atoms with Crippen molar-refractivity contribution in [2.45, 2.75) is 24.5 Å². The minimum atomic E-state index is -3.48. The number of sulfone groups is 1. The van der Waals surface area contributed by atoms with Crippen LogP contribution >= 0.6 is 11.6 Å². The maximum Gasteiger partial charge on any atom is 0.184 e. The molecule has 2 N–H and O–H groups in total. The Labute approximate surface area is 124 Å². The number of hydrogen-bond donors (Lipinski definition) is 1. The topological polar surface area (TPSA) is 60.2 Å². The zero-order valence-corrected chi connectivity index (χ0v) is 12.9. The van der Waals surface area contributed by atoms with Crippen molar-refractivity contribution in [3.63, 3.8) is 0 Å². The SMILES string of the molecule is Cc1ccc(C)c(CS(=O)(=O)c2ccc(Cl)cc2N)c1. The van der Waals surface area contributed by atoms with Gasteiger partial charge in [-0.2, -0.15) is 0 Å². The van der Waals surface area contributed by atoms with Crippen molar-refractivity contribution in [3.8, 4) is 0 Å². The number of aryl methyl sites for hydroxylation is 2. The van der Waals surface area contributed by atoms with E-state index in [1.807, 2.05) is 32.0 Å². The van der Waals surface area contributed by atoms with Crippen LogP contribution in [-0.4, -0.2) is 8.42 Å². The molecular formula is C15H16ClNO2S. The van der Waals surface area contributed by atoms with Gasteiger partial charge in [-0.05, 0) is 43.2 Å². The highest BCUT2D eigenvalue weighted by atomic mass is 35.5. The van der Waals surface area contributed by atoms with Crippen LogP contribution in [0.2, 0.25) is 5.02 Å². The lowest BCUT2D eigenvalue weighted by Crippen LogP contribution is -2.09. The van der Waals surface area contributed by atoms with Crippen molar-refractivity contribution >= 4 is 27.1 Å². The van der Waals surface area contributed by atoms with Gasteiger partial charge in [-0.15, -0.1) is 0 Å². The highest BCUT2D eigenvalue weighted by Gasteiger charge is 2.19. The standard InChI is InChI=1S/C15H16ClNO2S/c1-10-3-4-11(2)12(7-10)9-20(18,19)15-6-5-13(16)8-14(15)17/h3-8H,9,17H2,1-2H3. The molecule has 0 amide bonds. The zero-order valence-electron chi connectivity index (χ0n) is 11.4. The van der Waals surface area contributed by atoms with Gasteiger partial charge in [-0.3, -0.25) is 0 Å². The number of hydrogen-bond acceptors (Lipinski definition) is 3. The summed E-state index contributed by atoms with van der Waals surface area (Å²) in [5.74, 6) is -0.0631. The molecule has 106 valence electrons. The van der Waals surface area contributed by atoms with Gasteiger partial charge in [0.05, 0.1) is 16.3 Å². The Balaban J connectivity index is 2.43. The predicted molar refractivity (Wildman–Crippen MR) is 82.7 cm³/mol. The number of benzene rings is 2. The van der Waals surface area contributed by atoms with Crippen LogP contribution in [-0.2, 0) is 15.6 Å². The summed E-state index contributed by atoms with van der Waals surface area (Å²) in [5.41, 5.74) is 8.72. The van der Waals surface area contributed by atoms with Crippen molar-refractivity contribution in [1.29, 1.82) is 0 Å². The summed E-state index contributed by atoms with van der Waals surface area (Å²) in [6, 6.07) is 10.2. The number of anilines is 1. The van der Waals surface area contributed by atoms with Gasteiger partial charge >= 0.3 is 0 Å². The minimum absolute atomic E-state index is 0.0631. The number of rotatable bonds is 3. The van der Waals surface area contributed by atoms with Crippen LogP contribution in [0.25, 0.3) is 0 Å². The van der Waals surface area contributed by atoms with E-state index >= 15 is 0 Å². The van der Waals surface area contributed by atoms with Crippen molar-refractivity contribution < 1.29 is 8.42 Å². The largest absolute Gasteiger partial charge is 0.398 e. The Morgan fingerprint density at radius 1 is 1.10 bits per heavy atom. The lowest BCUT2D eigenvalue weighted by molar-refractivity contribution is 0.595. The van der Waals surface area contributed by atoms with Crippen molar-refractivity contribution in [2.24, 2.45) is 0 Å². The highest BCUT2D eigenvalue weighted by Crippen LogP contribution is 2.26. The second-order valence-corrected chi connectivity index (χ2v) is 7.27. The second kappa shape index (κ2) is 5.46. The average molecular weight is 310 g/mol. The van der Waals surface area contributed by atoms with Crippen LogP contribution in [0.4, 0.5) is 5.69 Å². The van der Waals surface area contributed by atoms with E-state index in [4.69, 9.17) is 17.3 Å². The van der Waals surface area contributed by atoms with E-state index in [2.05, 4.69) is 0 Å². The lowest BCUT2D eigenvalue weighted by Gasteiger charge is -2.10. The summed E-state index contributed by atoms with van der Waals surface area (Å²) >= 11 is 5.80. The molecule has 0 spiro atoms. The van der Waals surface area contributed by atoms with Gasteiger partial charge in [0.25, 0.3) is 0 Å². The molecule has 5 heteroatoms. The third kappa shape index (κ3) is 3.14. The van der Waals surface area contributed by atoms with Gasteiger partial charge < -0.3 is 5.73 Å². The summed E-state index contributed by atoms with van der Waals surface area (Å²) in [5, 5.41) is 0.424. The molecule has 0 unspecified atom stereocenters. The highest BCUT2D eigenvalue weighted by molar-refractivity contribution is 7.90. The first-order chi connectivity index (χ1) is 9.29. The molecule has 20 heavy (non-hydrogen) atoms. The van der Waals surface area contributed by atoms with Gasteiger partial charge in [0.1, 0.15) is 0 Å². The molecule has 3 nitrogen and oxygen atoms in total. The van der Waals surface area contributed by atoms with Gasteiger partial charge in [-0.25, -0.2) is 8.42 Å². The fourth-order valence-electron chi connectivity index (χ4n) is 2.04. The van der Waals surface area contributed by atoms with E-state index in [1.54, 1.807) is 0 Å². The van der Waals surface area contributed by atoms with Crippen LogP contribution < -0.4 is 5.73 Å². The molecule has 2 aromatic rings. The van der Waals surface area contributed by atoms with E-state index in [1.165, 1.54) is 18.2 Å². The maximum absolute atomic E-state index is 12.5. The van der Waals surface area contributed by atoms with Crippen LogP contribution in [0.15, 0.2) is 41.3 Å². The molecule has 0 saturated carbocycles. The molecule has 0 heterocycles. The molecule has 0 aliphatic carbocycles. The third-order valence-electron chi connectivity index (χ3n) is 3.16. The fraction of sp³-hybridized carbons (Fsp3) is 0.200. The maximum atomic E-state index is 12.5. The van der Waals surface area contributed by atoms with Gasteiger partial charge in [0.2, 0.25) is 0 Å². The van der Waals surface area contributed by atoms with Crippen LogP contribution in [0.3, 0.4) is 0 Å². The number of nitrogens with two attached hydrogens (primary N) is 1. The Hall–Kier alpha value is -1.52. The summed E-state index contributed by atoms with van der Waals surface area (Å²) in [4.78, 5) is 0.128. The van der Waals surface area contributed by atoms with E-state index in [0.29, 0.717) is 5.02 Å². The Kier molecular flexibility index (Phi) is 4.06. The summed E-state index contributed by atoms with van der Waals surface area (Å²) in [7, 11) is -3.48. The first-order valence-corrected chi connectivity index (χ1v) is 8.16. The van der Waals surface area contributed by atoms with E-state index in [-0.39, 0.29) is 16.3 Å². The summed E-state index contributed by atoms with van der Waals surface area (Å²) < 4.78 is 24.9. The predicted octanol–water partition coefficient (Wildman–Crippen LogP) is 3.51. The third-order valence-corrected chi connectivity index (χ3v) is 5.13. The smallest absolute Gasteiger partial charge is 0.184 e. The molecule has 0 fully saturated rings. The minimum Gasteiger partial charge on any atom is -0.398 e. The first kappa shape index (κ1) is 14.9. The Morgan fingerprint density at radius 3 is 2.45 bits per heavy atom. The van der Waals surface area contributed by atoms with E-state index in [0.717, 1.165) is 16.7 Å². The normalized spacial score (nSPS) is 11.6. The molecule has 0 aliphatic heterocycles. The van der Waals surface area contributed by atoms with Gasteiger partial charge in [0.15, 0.2) is 9.84 Å². The Morgan fingerprint density at radius 2 is 1.80 bits per heavy atom. The van der Waals surface area contributed by atoms with Crippen molar-refractivity contribution in [2.75, 3.05) is 5.73 Å². The molecule has 0 saturated heterocycles.